The molecule has 1 aliphatic heterocycles. The minimum Gasteiger partial charge on any atom is -0.301 e. The molecular formula is C17H12ClF2NO. The van der Waals surface area contributed by atoms with Crippen LogP contribution in [0.1, 0.15) is 22.8 Å². The highest BCUT2D eigenvalue weighted by molar-refractivity contribution is 6.30. The van der Waals surface area contributed by atoms with Crippen LogP contribution in [0.2, 0.25) is 5.02 Å². The Morgan fingerprint density at radius 2 is 1.95 bits per heavy atom. The molecule has 0 fully saturated rings. The molecule has 0 saturated carbocycles. The van der Waals surface area contributed by atoms with E-state index in [2.05, 4.69) is 0 Å². The molecule has 1 aliphatic rings. The summed E-state index contributed by atoms with van der Waals surface area (Å²) in [7, 11) is 0. The topological polar surface area (TPSA) is 20.3 Å². The average molecular weight is 320 g/mol. The first-order valence-electron chi connectivity index (χ1n) is 6.74. The first-order valence-corrected chi connectivity index (χ1v) is 7.11. The van der Waals surface area contributed by atoms with E-state index in [1.54, 1.807) is 18.2 Å². The van der Waals surface area contributed by atoms with Crippen molar-refractivity contribution in [2.45, 2.75) is 13.0 Å². The lowest BCUT2D eigenvalue weighted by molar-refractivity contribution is 0.0982. The second-order valence-electron chi connectivity index (χ2n) is 5.11. The number of halogens is 3. The van der Waals surface area contributed by atoms with Crippen molar-refractivity contribution < 1.29 is 13.6 Å². The summed E-state index contributed by atoms with van der Waals surface area (Å²) >= 11 is 5.65. The van der Waals surface area contributed by atoms with Crippen molar-refractivity contribution in [3.8, 4) is 0 Å². The van der Waals surface area contributed by atoms with Gasteiger partial charge in [-0.2, -0.15) is 0 Å². The summed E-state index contributed by atoms with van der Waals surface area (Å²) in [6, 6.07) is 7.92. The quantitative estimate of drug-likeness (QED) is 0.747. The van der Waals surface area contributed by atoms with Gasteiger partial charge in [-0.15, -0.1) is 0 Å². The van der Waals surface area contributed by atoms with E-state index in [-0.39, 0.29) is 28.4 Å². The number of nitrogens with zero attached hydrogens (tertiary/aromatic N) is 1. The summed E-state index contributed by atoms with van der Waals surface area (Å²) in [5.41, 5.74) is 1.40. The molecule has 0 aromatic heterocycles. The zero-order chi connectivity index (χ0) is 15.9. The third-order valence-corrected chi connectivity index (χ3v) is 3.90. The molecular weight excluding hydrogens is 308 g/mol. The zero-order valence-electron chi connectivity index (χ0n) is 11.7. The van der Waals surface area contributed by atoms with Crippen LogP contribution in [0.25, 0.3) is 6.08 Å². The first-order chi connectivity index (χ1) is 10.5. The van der Waals surface area contributed by atoms with Gasteiger partial charge in [0, 0.05) is 11.1 Å². The molecule has 0 spiro atoms. The molecule has 2 aromatic rings. The molecule has 22 heavy (non-hydrogen) atoms. The summed E-state index contributed by atoms with van der Waals surface area (Å²) in [5, 5.41) is -0.0365. The fraction of sp³-hybridized carbons (Fsp3) is 0.118. The van der Waals surface area contributed by atoms with Gasteiger partial charge in [-0.05, 0) is 43.3 Å². The molecule has 3 rings (SSSR count). The van der Waals surface area contributed by atoms with E-state index in [1.165, 1.54) is 29.2 Å². The molecule has 1 atom stereocenters. The number of benzene rings is 2. The maximum absolute atomic E-state index is 13.6. The lowest BCUT2D eigenvalue weighted by Crippen LogP contribution is -2.39. The second-order valence-corrected chi connectivity index (χ2v) is 5.51. The highest BCUT2D eigenvalue weighted by atomic mass is 35.5. The van der Waals surface area contributed by atoms with E-state index in [1.807, 2.05) is 6.92 Å². The number of carbonyl (C=O) groups is 1. The molecule has 5 heteroatoms. The van der Waals surface area contributed by atoms with Gasteiger partial charge in [-0.1, -0.05) is 23.8 Å². The lowest BCUT2D eigenvalue weighted by Gasteiger charge is -2.32. The minimum absolute atomic E-state index is 0.0365. The Morgan fingerprint density at radius 3 is 2.68 bits per heavy atom. The van der Waals surface area contributed by atoms with Crippen LogP contribution >= 0.6 is 11.6 Å². The third kappa shape index (κ3) is 2.50. The van der Waals surface area contributed by atoms with Crippen molar-refractivity contribution in [3.05, 3.63) is 70.3 Å². The van der Waals surface area contributed by atoms with E-state index < -0.39 is 5.82 Å². The Bertz CT molecular complexity index is 788. The Labute approximate surface area is 131 Å². The highest BCUT2D eigenvalue weighted by Gasteiger charge is 2.26. The molecule has 1 amide bonds. The fourth-order valence-corrected chi connectivity index (χ4v) is 2.61. The van der Waals surface area contributed by atoms with Gasteiger partial charge in [0.25, 0.3) is 5.91 Å². The van der Waals surface area contributed by atoms with E-state index in [4.69, 9.17) is 11.6 Å². The van der Waals surface area contributed by atoms with E-state index in [0.29, 0.717) is 11.3 Å². The number of carbonyl (C=O) groups excluding carboxylic acids is 1. The van der Waals surface area contributed by atoms with Gasteiger partial charge in [0.1, 0.15) is 11.6 Å². The molecule has 2 aromatic carbocycles. The van der Waals surface area contributed by atoms with Crippen molar-refractivity contribution in [1.82, 2.24) is 0 Å². The first kappa shape index (κ1) is 14.7. The molecule has 0 radical (unpaired) electrons. The average Bonchev–Trinajstić information content (AvgIpc) is 2.49. The molecule has 0 N–H and O–H groups in total. The van der Waals surface area contributed by atoms with Gasteiger partial charge < -0.3 is 4.90 Å². The standard InChI is InChI=1S/C17H12ClF2NO/c1-10-2-3-11-8-13(19)5-7-16(11)21(10)17(22)12-4-6-14(18)15(20)9-12/h2-10H,1H3. The molecule has 2 nitrogen and oxygen atoms in total. The summed E-state index contributed by atoms with van der Waals surface area (Å²) in [6.45, 7) is 1.84. The highest BCUT2D eigenvalue weighted by Crippen LogP contribution is 2.31. The van der Waals surface area contributed by atoms with Crippen molar-refractivity contribution in [2.75, 3.05) is 4.90 Å². The Kier molecular flexibility index (Phi) is 3.71. The summed E-state index contributed by atoms with van der Waals surface area (Å²) in [6.07, 6.45) is 3.57. The van der Waals surface area contributed by atoms with Crippen molar-refractivity contribution in [2.24, 2.45) is 0 Å². The van der Waals surface area contributed by atoms with Gasteiger partial charge in [0.05, 0.1) is 16.8 Å². The number of fused-ring (bicyclic) bond motifs is 1. The van der Waals surface area contributed by atoms with Crippen molar-refractivity contribution in [3.63, 3.8) is 0 Å². The number of anilines is 1. The number of hydrogen-bond acceptors (Lipinski definition) is 1. The number of hydrogen-bond donors (Lipinski definition) is 0. The normalized spacial score (nSPS) is 16.5. The van der Waals surface area contributed by atoms with Crippen LogP contribution in [0.15, 0.2) is 42.5 Å². The molecule has 0 bridgehead atoms. The van der Waals surface area contributed by atoms with Crippen LogP contribution < -0.4 is 4.90 Å². The maximum atomic E-state index is 13.6. The monoisotopic (exact) mass is 319 g/mol. The van der Waals surface area contributed by atoms with E-state index in [9.17, 15) is 13.6 Å². The molecule has 1 heterocycles. The Hall–Kier alpha value is -2.20. The van der Waals surface area contributed by atoms with Gasteiger partial charge >= 0.3 is 0 Å². The lowest BCUT2D eigenvalue weighted by atomic mass is 10.0. The van der Waals surface area contributed by atoms with Crippen LogP contribution in [0.3, 0.4) is 0 Å². The Morgan fingerprint density at radius 1 is 1.18 bits per heavy atom. The SMILES string of the molecule is CC1C=Cc2cc(F)ccc2N1C(=O)c1ccc(Cl)c(F)c1. The van der Waals surface area contributed by atoms with Gasteiger partial charge in [0.15, 0.2) is 0 Å². The van der Waals surface area contributed by atoms with Crippen LogP contribution in [-0.2, 0) is 0 Å². The molecule has 0 saturated heterocycles. The van der Waals surface area contributed by atoms with Crippen LogP contribution in [-0.4, -0.2) is 11.9 Å². The van der Waals surface area contributed by atoms with Crippen molar-refractivity contribution >= 4 is 29.3 Å². The van der Waals surface area contributed by atoms with Crippen LogP contribution in [0, 0.1) is 11.6 Å². The fourth-order valence-electron chi connectivity index (χ4n) is 2.49. The Balaban J connectivity index is 2.05. The minimum atomic E-state index is -0.646. The van der Waals surface area contributed by atoms with E-state index >= 15 is 0 Å². The predicted molar refractivity (Wildman–Crippen MR) is 83.1 cm³/mol. The molecule has 1 unspecified atom stereocenters. The molecule has 112 valence electrons. The summed E-state index contributed by atoms with van der Waals surface area (Å²) in [4.78, 5) is 14.2. The van der Waals surface area contributed by atoms with Crippen LogP contribution in [0.4, 0.5) is 14.5 Å². The largest absolute Gasteiger partial charge is 0.301 e. The zero-order valence-corrected chi connectivity index (χ0v) is 12.4. The smallest absolute Gasteiger partial charge is 0.258 e. The maximum Gasteiger partial charge on any atom is 0.258 e. The molecule has 0 aliphatic carbocycles. The van der Waals surface area contributed by atoms with Crippen LogP contribution in [0.5, 0.6) is 0 Å². The third-order valence-electron chi connectivity index (χ3n) is 3.60. The summed E-state index contributed by atoms with van der Waals surface area (Å²) < 4.78 is 26.9. The predicted octanol–water partition coefficient (Wildman–Crippen LogP) is 4.68. The van der Waals surface area contributed by atoms with E-state index in [0.717, 1.165) is 6.07 Å². The van der Waals surface area contributed by atoms with Gasteiger partial charge in [0.2, 0.25) is 0 Å². The van der Waals surface area contributed by atoms with Gasteiger partial charge in [-0.25, -0.2) is 8.78 Å². The number of amides is 1. The number of rotatable bonds is 1. The second kappa shape index (κ2) is 5.54. The van der Waals surface area contributed by atoms with Crippen molar-refractivity contribution in [1.29, 1.82) is 0 Å². The van der Waals surface area contributed by atoms with Gasteiger partial charge in [-0.3, -0.25) is 4.79 Å². The summed E-state index contributed by atoms with van der Waals surface area (Å²) in [5.74, 6) is -1.38.